The minimum atomic E-state index is -4.17. The first-order valence-electron chi connectivity index (χ1n) is 6.52. The molecule has 0 aliphatic heterocycles. The van der Waals surface area contributed by atoms with Crippen molar-refractivity contribution in [3.05, 3.63) is 29.8 Å². The molecule has 1 aliphatic rings. The molecule has 1 N–H and O–H groups in total. The average molecular weight is 272 g/mol. The van der Waals surface area contributed by atoms with E-state index in [2.05, 4.69) is 5.32 Å². The summed E-state index contributed by atoms with van der Waals surface area (Å²) in [4.78, 5) is 1.50. The summed E-state index contributed by atoms with van der Waals surface area (Å²) in [5.74, 6) is 0. The topological polar surface area (TPSA) is 15.3 Å². The van der Waals surface area contributed by atoms with E-state index in [1.165, 1.54) is 4.90 Å². The quantitative estimate of drug-likeness (QED) is 0.882. The molecule has 1 atom stereocenters. The lowest BCUT2D eigenvalue weighted by molar-refractivity contribution is -0.120. The Bertz CT molecular complexity index is 427. The maximum atomic E-state index is 12.7. The monoisotopic (exact) mass is 272 g/mol. The highest BCUT2D eigenvalue weighted by Gasteiger charge is 2.39. The van der Waals surface area contributed by atoms with Gasteiger partial charge in [-0.2, -0.15) is 13.2 Å². The summed E-state index contributed by atoms with van der Waals surface area (Å²) >= 11 is 0. The largest absolute Gasteiger partial charge is 0.405 e. The zero-order valence-electron chi connectivity index (χ0n) is 11.2. The van der Waals surface area contributed by atoms with E-state index in [4.69, 9.17) is 0 Å². The molecule has 0 amide bonds. The molecule has 19 heavy (non-hydrogen) atoms. The number of nitrogens with one attached hydrogen (secondary N) is 1. The van der Waals surface area contributed by atoms with E-state index < -0.39 is 12.7 Å². The van der Waals surface area contributed by atoms with Crippen molar-refractivity contribution in [2.45, 2.75) is 38.0 Å². The van der Waals surface area contributed by atoms with E-state index in [9.17, 15) is 13.2 Å². The molecule has 0 heterocycles. The molecule has 1 aromatic rings. The van der Waals surface area contributed by atoms with Crippen LogP contribution in [0.3, 0.4) is 0 Å². The summed E-state index contributed by atoms with van der Waals surface area (Å²) in [5, 5.41) is 3.09. The summed E-state index contributed by atoms with van der Waals surface area (Å²) in [6, 6.07) is 7.41. The van der Waals surface area contributed by atoms with Crippen molar-refractivity contribution in [3.8, 4) is 0 Å². The summed E-state index contributed by atoms with van der Waals surface area (Å²) in [6.45, 7) is 1.09. The van der Waals surface area contributed by atoms with E-state index in [0.29, 0.717) is 5.69 Å². The van der Waals surface area contributed by atoms with Crippen LogP contribution in [0.2, 0.25) is 0 Å². The Balaban J connectivity index is 2.31. The lowest BCUT2D eigenvalue weighted by atomic mass is 10.0. The van der Waals surface area contributed by atoms with Crippen molar-refractivity contribution in [2.24, 2.45) is 0 Å². The van der Waals surface area contributed by atoms with Gasteiger partial charge in [0.2, 0.25) is 0 Å². The smallest absolute Gasteiger partial charge is 0.359 e. The Morgan fingerprint density at radius 1 is 1.32 bits per heavy atom. The summed E-state index contributed by atoms with van der Waals surface area (Å²) in [7, 11) is 1.81. The number of hydrogen-bond donors (Lipinski definition) is 1. The first-order valence-corrected chi connectivity index (χ1v) is 6.52. The molecule has 1 aliphatic carbocycles. The number of para-hydroxylation sites is 1. The van der Waals surface area contributed by atoms with Crippen molar-refractivity contribution < 1.29 is 13.2 Å². The third-order valence-corrected chi connectivity index (χ3v) is 3.48. The van der Waals surface area contributed by atoms with Crippen LogP contribution in [0.4, 0.5) is 18.9 Å². The highest BCUT2D eigenvalue weighted by atomic mass is 19.4. The van der Waals surface area contributed by atoms with Gasteiger partial charge in [0.05, 0.1) is 0 Å². The van der Waals surface area contributed by atoms with Crippen LogP contribution < -0.4 is 10.2 Å². The zero-order chi connectivity index (χ0) is 14.0. The predicted molar refractivity (Wildman–Crippen MR) is 70.3 cm³/mol. The molecule has 1 saturated carbocycles. The molecule has 5 heteroatoms. The number of benzene rings is 1. The summed E-state index contributed by atoms with van der Waals surface area (Å²) in [5.41, 5.74) is 1.62. The van der Waals surface area contributed by atoms with Crippen LogP contribution in [-0.2, 0) is 0 Å². The lowest BCUT2D eigenvalue weighted by Gasteiger charge is -2.29. The van der Waals surface area contributed by atoms with Gasteiger partial charge in [-0.1, -0.05) is 18.2 Å². The molecule has 1 unspecified atom stereocenters. The minimum absolute atomic E-state index is 0.0330. The Labute approximate surface area is 111 Å². The van der Waals surface area contributed by atoms with E-state index in [0.717, 1.165) is 18.4 Å². The number of hydrogen-bond acceptors (Lipinski definition) is 2. The molecule has 2 nitrogen and oxygen atoms in total. The van der Waals surface area contributed by atoms with E-state index in [1.54, 1.807) is 12.1 Å². The number of halogens is 3. The Kier molecular flexibility index (Phi) is 4.04. The maximum absolute atomic E-state index is 12.7. The fraction of sp³-hybridized carbons (Fsp3) is 0.571. The fourth-order valence-electron chi connectivity index (χ4n) is 2.26. The second kappa shape index (κ2) is 5.41. The van der Waals surface area contributed by atoms with Crippen molar-refractivity contribution in [1.82, 2.24) is 5.32 Å². The maximum Gasteiger partial charge on any atom is 0.405 e. The number of alkyl halides is 3. The van der Waals surface area contributed by atoms with Crippen molar-refractivity contribution >= 4 is 5.69 Å². The molecule has 0 aromatic heterocycles. The second-order valence-corrected chi connectivity index (χ2v) is 5.04. The molecular weight excluding hydrogens is 253 g/mol. The zero-order valence-corrected chi connectivity index (χ0v) is 11.2. The molecular formula is C14H19F3N2. The fourth-order valence-corrected chi connectivity index (χ4v) is 2.26. The predicted octanol–water partition coefficient (Wildman–Crippen LogP) is 3.50. The van der Waals surface area contributed by atoms with Gasteiger partial charge in [0.1, 0.15) is 6.54 Å². The Morgan fingerprint density at radius 2 is 1.95 bits per heavy atom. The number of nitrogens with zero attached hydrogens (tertiary/aromatic N) is 1. The molecule has 0 bridgehead atoms. The van der Waals surface area contributed by atoms with E-state index in [1.807, 2.05) is 26.1 Å². The highest BCUT2D eigenvalue weighted by molar-refractivity contribution is 5.56. The Morgan fingerprint density at radius 3 is 2.47 bits per heavy atom. The van der Waals surface area contributed by atoms with Gasteiger partial charge in [-0.25, -0.2) is 0 Å². The number of anilines is 1. The van der Waals surface area contributed by atoms with Gasteiger partial charge in [-0.3, -0.25) is 0 Å². The van der Waals surface area contributed by atoms with Crippen molar-refractivity contribution in [2.75, 3.05) is 18.5 Å². The van der Waals surface area contributed by atoms with Crippen LogP contribution in [0.15, 0.2) is 24.3 Å². The molecule has 1 aromatic carbocycles. The van der Waals surface area contributed by atoms with Gasteiger partial charge >= 0.3 is 6.18 Å². The average Bonchev–Trinajstić information content (AvgIpc) is 3.18. The van der Waals surface area contributed by atoms with Crippen LogP contribution in [0.5, 0.6) is 0 Å². The van der Waals surface area contributed by atoms with Gasteiger partial charge in [-0.05, 0) is 38.4 Å². The summed E-state index contributed by atoms with van der Waals surface area (Å²) in [6.07, 6.45) is -2.48. The van der Waals surface area contributed by atoms with Crippen molar-refractivity contribution in [3.63, 3.8) is 0 Å². The van der Waals surface area contributed by atoms with Gasteiger partial charge in [0.15, 0.2) is 0 Å². The van der Waals surface area contributed by atoms with Gasteiger partial charge < -0.3 is 10.2 Å². The molecule has 1 fully saturated rings. The standard InChI is InChI=1S/C14H19F3N2/c1-10(18-2)12-5-3-4-6-13(12)19(11-7-8-11)9-14(15,16)17/h3-6,10-11,18H,7-9H2,1-2H3. The lowest BCUT2D eigenvalue weighted by Crippen LogP contribution is -2.37. The molecule has 0 spiro atoms. The summed E-state index contributed by atoms with van der Waals surface area (Å²) < 4.78 is 38.2. The van der Waals surface area contributed by atoms with Gasteiger partial charge in [0.25, 0.3) is 0 Å². The highest BCUT2D eigenvalue weighted by Crippen LogP contribution is 2.37. The first-order chi connectivity index (χ1) is 8.92. The molecule has 2 rings (SSSR count). The van der Waals surface area contributed by atoms with Gasteiger partial charge in [-0.15, -0.1) is 0 Å². The van der Waals surface area contributed by atoms with Crippen LogP contribution in [0, 0.1) is 0 Å². The van der Waals surface area contributed by atoms with Crippen LogP contribution in [0.1, 0.15) is 31.4 Å². The molecule has 0 saturated heterocycles. The van der Waals surface area contributed by atoms with E-state index >= 15 is 0 Å². The SMILES string of the molecule is CNC(C)c1ccccc1N(CC(F)(F)F)C1CC1. The van der Waals surface area contributed by atoms with Crippen LogP contribution in [0.25, 0.3) is 0 Å². The third-order valence-electron chi connectivity index (χ3n) is 3.48. The number of rotatable bonds is 5. The van der Waals surface area contributed by atoms with Crippen LogP contribution >= 0.6 is 0 Å². The van der Waals surface area contributed by atoms with Crippen LogP contribution in [-0.4, -0.2) is 25.8 Å². The molecule has 106 valence electrons. The normalized spacial score (nSPS) is 17.3. The van der Waals surface area contributed by atoms with E-state index in [-0.39, 0.29) is 12.1 Å². The Hall–Kier alpha value is -1.23. The second-order valence-electron chi connectivity index (χ2n) is 5.04. The first kappa shape index (κ1) is 14.2. The molecule has 0 radical (unpaired) electrons. The minimum Gasteiger partial charge on any atom is -0.359 e. The van der Waals surface area contributed by atoms with Crippen molar-refractivity contribution in [1.29, 1.82) is 0 Å². The third kappa shape index (κ3) is 3.62. The van der Waals surface area contributed by atoms with Gasteiger partial charge in [0, 0.05) is 17.8 Å².